The third kappa shape index (κ3) is 2.70. The summed E-state index contributed by atoms with van der Waals surface area (Å²) in [4.78, 5) is 10.8. The van der Waals surface area contributed by atoms with Crippen molar-refractivity contribution in [3.8, 4) is 0 Å². The van der Waals surface area contributed by atoms with Gasteiger partial charge in [0.05, 0.1) is 24.9 Å². The van der Waals surface area contributed by atoms with Gasteiger partial charge < -0.3 is 10.2 Å². The maximum atomic E-state index is 10.8. The van der Waals surface area contributed by atoms with Crippen LogP contribution >= 0.6 is 0 Å². The summed E-state index contributed by atoms with van der Waals surface area (Å²) >= 11 is 0. The molecular weight excluding hydrogens is 220 g/mol. The first-order valence-corrected chi connectivity index (χ1v) is 5.13. The molecule has 0 saturated carbocycles. The van der Waals surface area contributed by atoms with Crippen molar-refractivity contribution < 1.29 is 15.0 Å². The van der Waals surface area contributed by atoms with Crippen LogP contribution in [0.2, 0.25) is 0 Å². The summed E-state index contributed by atoms with van der Waals surface area (Å²) in [6, 6.07) is 6.71. The molecule has 2 rings (SSSR count). The summed E-state index contributed by atoms with van der Waals surface area (Å²) in [5, 5.41) is 21.8. The van der Waals surface area contributed by atoms with Crippen molar-refractivity contribution in [2.24, 2.45) is 0 Å². The van der Waals surface area contributed by atoms with E-state index in [0.29, 0.717) is 6.54 Å². The molecule has 0 amide bonds. The van der Waals surface area contributed by atoms with E-state index < -0.39 is 5.97 Å². The highest BCUT2D eigenvalue weighted by molar-refractivity contribution is 5.87. The van der Waals surface area contributed by atoms with E-state index in [1.807, 2.05) is 6.07 Å². The van der Waals surface area contributed by atoms with Crippen molar-refractivity contribution in [1.29, 1.82) is 0 Å². The van der Waals surface area contributed by atoms with Crippen LogP contribution in [0, 0.1) is 0 Å². The van der Waals surface area contributed by atoms with E-state index in [4.69, 9.17) is 10.2 Å². The Labute approximate surface area is 97.9 Å². The van der Waals surface area contributed by atoms with Gasteiger partial charge in [0.2, 0.25) is 0 Å². The summed E-state index contributed by atoms with van der Waals surface area (Å²) in [6.45, 7) is 0.441. The normalized spacial score (nSPS) is 10.4. The minimum absolute atomic E-state index is 0.0465. The molecule has 0 unspecified atom stereocenters. The monoisotopic (exact) mass is 232 g/mol. The fourth-order valence-corrected chi connectivity index (χ4v) is 1.56. The van der Waals surface area contributed by atoms with Crippen molar-refractivity contribution in [3.05, 3.63) is 53.3 Å². The zero-order chi connectivity index (χ0) is 12.3. The standard InChI is InChI=1S/C12H12N2O3/c15-8-10-5-13-14(7-10)6-9-2-1-3-11(4-9)12(16)17/h1-5,7,15H,6,8H2,(H,16,17). The van der Waals surface area contributed by atoms with Crippen LogP contribution in [0.25, 0.3) is 0 Å². The molecule has 0 radical (unpaired) electrons. The second-order valence-electron chi connectivity index (χ2n) is 3.71. The van der Waals surface area contributed by atoms with Crippen LogP contribution in [0.15, 0.2) is 36.7 Å². The number of carboxylic acid groups (broad SMARTS) is 1. The molecule has 0 atom stereocenters. The number of aliphatic hydroxyl groups is 1. The Bertz CT molecular complexity index is 534. The van der Waals surface area contributed by atoms with Gasteiger partial charge in [-0.15, -0.1) is 0 Å². The lowest BCUT2D eigenvalue weighted by Gasteiger charge is -2.03. The number of aliphatic hydroxyl groups excluding tert-OH is 1. The van der Waals surface area contributed by atoms with Crippen LogP contribution in [-0.2, 0) is 13.2 Å². The van der Waals surface area contributed by atoms with E-state index in [2.05, 4.69) is 5.10 Å². The molecule has 1 aromatic heterocycles. The number of rotatable bonds is 4. The Morgan fingerprint density at radius 1 is 1.35 bits per heavy atom. The largest absolute Gasteiger partial charge is 0.478 e. The molecule has 1 aromatic carbocycles. The topological polar surface area (TPSA) is 75.3 Å². The van der Waals surface area contributed by atoms with E-state index >= 15 is 0 Å². The first kappa shape index (κ1) is 11.3. The fraction of sp³-hybridized carbons (Fsp3) is 0.167. The van der Waals surface area contributed by atoms with E-state index in [0.717, 1.165) is 11.1 Å². The van der Waals surface area contributed by atoms with E-state index in [1.165, 1.54) is 0 Å². The number of aromatic nitrogens is 2. The van der Waals surface area contributed by atoms with Crippen LogP contribution in [0.4, 0.5) is 0 Å². The van der Waals surface area contributed by atoms with E-state index in [9.17, 15) is 4.79 Å². The van der Waals surface area contributed by atoms with Crippen molar-refractivity contribution in [3.63, 3.8) is 0 Å². The summed E-state index contributed by atoms with van der Waals surface area (Å²) < 4.78 is 1.66. The fourth-order valence-electron chi connectivity index (χ4n) is 1.56. The average Bonchev–Trinajstić information content (AvgIpc) is 2.77. The quantitative estimate of drug-likeness (QED) is 0.828. The van der Waals surface area contributed by atoms with Gasteiger partial charge in [-0.25, -0.2) is 4.79 Å². The van der Waals surface area contributed by atoms with Crippen molar-refractivity contribution in [1.82, 2.24) is 9.78 Å². The van der Waals surface area contributed by atoms with Crippen LogP contribution in [0.3, 0.4) is 0 Å². The van der Waals surface area contributed by atoms with E-state index in [-0.39, 0.29) is 12.2 Å². The van der Waals surface area contributed by atoms with Gasteiger partial charge in [-0.05, 0) is 17.7 Å². The molecular formula is C12H12N2O3. The second-order valence-corrected chi connectivity index (χ2v) is 3.71. The summed E-state index contributed by atoms with van der Waals surface area (Å²) in [5.41, 5.74) is 1.86. The number of carbonyl (C=O) groups is 1. The van der Waals surface area contributed by atoms with Gasteiger partial charge in [-0.3, -0.25) is 4.68 Å². The van der Waals surface area contributed by atoms with Crippen LogP contribution < -0.4 is 0 Å². The number of hydrogen-bond donors (Lipinski definition) is 2. The lowest BCUT2D eigenvalue weighted by molar-refractivity contribution is 0.0696. The maximum Gasteiger partial charge on any atom is 0.335 e. The van der Waals surface area contributed by atoms with Gasteiger partial charge in [0.15, 0.2) is 0 Å². The Morgan fingerprint density at radius 2 is 2.18 bits per heavy atom. The van der Waals surface area contributed by atoms with Gasteiger partial charge in [-0.2, -0.15) is 5.10 Å². The Balaban J connectivity index is 2.18. The summed E-state index contributed by atoms with van der Waals surface area (Å²) in [5.74, 6) is -0.941. The van der Waals surface area contributed by atoms with Crippen molar-refractivity contribution in [2.45, 2.75) is 13.2 Å². The number of carboxylic acids is 1. The van der Waals surface area contributed by atoms with Crippen LogP contribution in [0.5, 0.6) is 0 Å². The molecule has 0 spiro atoms. The van der Waals surface area contributed by atoms with Gasteiger partial charge in [0.25, 0.3) is 0 Å². The molecule has 0 fully saturated rings. The molecule has 0 saturated heterocycles. The summed E-state index contributed by atoms with van der Waals surface area (Å²) in [7, 11) is 0. The molecule has 5 nitrogen and oxygen atoms in total. The lowest BCUT2D eigenvalue weighted by Crippen LogP contribution is -2.02. The van der Waals surface area contributed by atoms with Crippen molar-refractivity contribution >= 4 is 5.97 Å². The minimum Gasteiger partial charge on any atom is -0.478 e. The zero-order valence-corrected chi connectivity index (χ0v) is 9.08. The average molecular weight is 232 g/mol. The number of aromatic carboxylic acids is 1. The van der Waals surface area contributed by atoms with Gasteiger partial charge in [0.1, 0.15) is 0 Å². The van der Waals surface area contributed by atoms with E-state index in [1.54, 1.807) is 35.3 Å². The molecule has 5 heteroatoms. The predicted octanol–water partition coefficient (Wildman–Crippen LogP) is 1.12. The molecule has 2 N–H and O–H groups in total. The summed E-state index contributed by atoms with van der Waals surface area (Å²) in [6.07, 6.45) is 3.31. The highest BCUT2D eigenvalue weighted by Crippen LogP contribution is 2.08. The smallest absolute Gasteiger partial charge is 0.335 e. The van der Waals surface area contributed by atoms with Gasteiger partial charge in [-0.1, -0.05) is 12.1 Å². The molecule has 88 valence electrons. The molecule has 0 aliphatic heterocycles. The minimum atomic E-state index is -0.941. The molecule has 0 aliphatic carbocycles. The second kappa shape index (κ2) is 4.80. The Morgan fingerprint density at radius 3 is 2.82 bits per heavy atom. The third-order valence-corrected chi connectivity index (χ3v) is 2.39. The first-order chi connectivity index (χ1) is 8.19. The predicted molar refractivity (Wildman–Crippen MR) is 60.7 cm³/mol. The molecule has 0 aliphatic rings. The zero-order valence-electron chi connectivity index (χ0n) is 9.08. The van der Waals surface area contributed by atoms with Crippen LogP contribution in [-0.4, -0.2) is 26.0 Å². The number of hydrogen-bond acceptors (Lipinski definition) is 3. The SMILES string of the molecule is O=C(O)c1cccc(Cn2cc(CO)cn2)c1. The maximum absolute atomic E-state index is 10.8. The van der Waals surface area contributed by atoms with Crippen LogP contribution in [0.1, 0.15) is 21.5 Å². The van der Waals surface area contributed by atoms with Crippen molar-refractivity contribution in [2.75, 3.05) is 0 Å². The molecule has 1 heterocycles. The molecule has 2 aromatic rings. The highest BCUT2D eigenvalue weighted by atomic mass is 16.4. The lowest BCUT2D eigenvalue weighted by atomic mass is 10.1. The highest BCUT2D eigenvalue weighted by Gasteiger charge is 2.04. The molecule has 0 bridgehead atoms. The third-order valence-electron chi connectivity index (χ3n) is 2.39. The number of benzene rings is 1. The van der Waals surface area contributed by atoms with Gasteiger partial charge in [0, 0.05) is 11.8 Å². The Kier molecular flexibility index (Phi) is 3.20. The first-order valence-electron chi connectivity index (χ1n) is 5.13. The molecule has 17 heavy (non-hydrogen) atoms. The number of nitrogens with zero attached hydrogens (tertiary/aromatic N) is 2. The Hall–Kier alpha value is -2.14. The van der Waals surface area contributed by atoms with Gasteiger partial charge >= 0.3 is 5.97 Å².